The fourth-order valence-electron chi connectivity index (χ4n) is 4.04. The maximum atomic E-state index is 10.4. The third kappa shape index (κ3) is 2.69. The first kappa shape index (κ1) is 15.8. The molecule has 0 aromatic heterocycles. The van der Waals surface area contributed by atoms with Gasteiger partial charge in [-0.15, -0.1) is 0 Å². The summed E-state index contributed by atoms with van der Waals surface area (Å²) in [5.74, 6) is -0.216. The van der Waals surface area contributed by atoms with Gasteiger partial charge in [0.2, 0.25) is 0 Å². The van der Waals surface area contributed by atoms with Crippen LogP contribution in [0.3, 0.4) is 0 Å². The van der Waals surface area contributed by atoms with E-state index in [4.69, 9.17) is 5.73 Å². The van der Waals surface area contributed by atoms with E-state index >= 15 is 0 Å². The molecule has 0 heterocycles. The van der Waals surface area contributed by atoms with E-state index in [0.717, 1.165) is 16.7 Å². The number of aliphatic hydroxyl groups excluding tert-OH is 1. The molecule has 0 spiro atoms. The van der Waals surface area contributed by atoms with E-state index < -0.39 is 6.10 Å². The summed E-state index contributed by atoms with van der Waals surface area (Å²) in [5.41, 5.74) is 8.81. The summed E-state index contributed by atoms with van der Waals surface area (Å²) in [6.07, 6.45) is 0.0592. The molecular formula is C19H23NO3. The first-order valence-corrected chi connectivity index (χ1v) is 8.01. The second kappa shape index (κ2) is 6.22. The van der Waals surface area contributed by atoms with Crippen LogP contribution < -0.4 is 5.73 Å². The molecule has 122 valence electrons. The van der Waals surface area contributed by atoms with Crippen LogP contribution in [0.4, 0.5) is 0 Å². The van der Waals surface area contributed by atoms with Gasteiger partial charge in [0.1, 0.15) is 0 Å². The Kier molecular flexibility index (Phi) is 4.28. The molecule has 5 N–H and O–H groups in total. The van der Waals surface area contributed by atoms with Gasteiger partial charge in [-0.2, -0.15) is 0 Å². The quantitative estimate of drug-likeness (QED) is 0.656. The minimum absolute atomic E-state index is 0.0288. The van der Waals surface area contributed by atoms with Crippen molar-refractivity contribution in [1.29, 1.82) is 0 Å². The molecule has 0 saturated heterocycles. The number of phenolic OH excluding ortho intramolecular Hbond substituents is 2. The Morgan fingerprint density at radius 3 is 2.43 bits per heavy atom. The van der Waals surface area contributed by atoms with Crippen LogP contribution in [0.15, 0.2) is 42.5 Å². The molecule has 0 bridgehead atoms. The lowest BCUT2D eigenvalue weighted by Crippen LogP contribution is -2.38. The molecule has 2 aromatic carbocycles. The third-order valence-electron chi connectivity index (χ3n) is 5.09. The largest absolute Gasteiger partial charge is 0.504 e. The average Bonchev–Trinajstić information content (AvgIpc) is 2.57. The number of aliphatic hydroxyl groups is 1. The van der Waals surface area contributed by atoms with Crippen molar-refractivity contribution in [2.24, 2.45) is 11.7 Å². The lowest BCUT2D eigenvalue weighted by molar-refractivity contribution is 0.0855. The summed E-state index contributed by atoms with van der Waals surface area (Å²) >= 11 is 0. The Labute approximate surface area is 136 Å². The maximum Gasteiger partial charge on any atom is 0.160 e. The molecule has 4 heteroatoms. The van der Waals surface area contributed by atoms with Crippen molar-refractivity contribution in [2.45, 2.75) is 31.3 Å². The molecule has 0 aliphatic heterocycles. The SMILES string of the molecule is CC(O)C1C(c2ccccc2)Cc2c(ccc(O)c2O)C1CN. The van der Waals surface area contributed by atoms with E-state index in [1.165, 1.54) is 6.07 Å². The van der Waals surface area contributed by atoms with Gasteiger partial charge in [-0.3, -0.25) is 0 Å². The van der Waals surface area contributed by atoms with Gasteiger partial charge in [0, 0.05) is 11.5 Å². The van der Waals surface area contributed by atoms with Gasteiger partial charge < -0.3 is 21.1 Å². The molecule has 1 aliphatic rings. The van der Waals surface area contributed by atoms with E-state index in [0.29, 0.717) is 13.0 Å². The van der Waals surface area contributed by atoms with E-state index in [-0.39, 0.29) is 29.3 Å². The van der Waals surface area contributed by atoms with E-state index in [1.54, 1.807) is 6.92 Å². The van der Waals surface area contributed by atoms with Gasteiger partial charge >= 0.3 is 0 Å². The van der Waals surface area contributed by atoms with Crippen LogP contribution in [0.25, 0.3) is 0 Å². The first-order chi connectivity index (χ1) is 11.0. The van der Waals surface area contributed by atoms with Crippen molar-refractivity contribution >= 4 is 0 Å². The van der Waals surface area contributed by atoms with Crippen molar-refractivity contribution in [3.63, 3.8) is 0 Å². The number of hydrogen-bond acceptors (Lipinski definition) is 4. The van der Waals surface area contributed by atoms with Crippen LogP contribution in [0.5, 0.6) is 11.5 Å². The third-order valence-corrected chi connectivity index (χ3v) is 5.09. The second-order valence-electron chi connectivity index (χ2n) is 6.38. The molecule has 2 aromatic rings. The fourth-order valence-corrected chi connectivity index (χ4v) is 4.04. The van der Waals surface area contributed by atoms with Gasteiger partial charge in [-0.1, -0.05) is 36.4 Å². The molecule has 0 saturated carbocycles. The smallest absolute Gasteiger partial charge is 0.160 e. The lowest BCUT2D eigenvalue weighted by Gasteiger charge is -2.41. The number of aromatic hydroxyl groups is 2. The highest BCUT2D eigenvalue weighted by Crippen LogP contribution is 2.49. The van der Waals surface area contributed by atoms with Crippen LogP contribution in [-0.4, -0.2) is 28.0 Å². The Bertz CT molecular complexity index is 685. The highest BCUT2D eigenvalue weighted by molar-refractivity contribution is 5.53. The number of hydrogen-bond donors (Lipinski definition) is 4. The maximum absolute atomic E-state index is 10.4. The summed E-state index contributed by atoms with van der Waals surface area (Å²) in [5, 5.41) is 30.5. The van der Waals surface area contributed by atoms with Gasteiger partial charge in [-0.25, -0.2) is 0 Å². The summed E-state index contributed by atoms with van der Waals surface area (Å²) in [7, 11) is 0. The van der Waals surface area contributed by atoms with Gasteiger partial charge in [0.05, 0.1) is 6.10 Å². The zero-order chi connectivity index (χ0) is 16.6. The van der Waals surface area contributed by atoms with Gasteiger partial charge in [-0.05, 0) is 48.9 Å². The Morgan fingerprint density at radius 2 is 1.83 bits per heavy atom. The highest BCUT2D eigenvalue weighted by Gasteiger charge is 2.40. The van der Waals surface area contributed by atoms with Crippen molar-refractivity contribution in [3.8, 4) is 11.5 Å². The molecule has 1 aliphatic carbocycles. The normalized spacial score (nSPS) is 24.9. The average molecular weight is 313 g/mol. The lowest BCUT2D eigenvalue weighted by atomic mass is 9.64. The van der Waals surface area contributed by atoms with Crippen LogP contribution in [0.1, 0.15) is 35.4 Å². The number of phenols is 2. The number of rotatable bonds is 3. The molecule has 3 rings (SSSR count). The first-order valence-electron chi connectivity index (χ1n) is 8.01. The van der Waals surface area contributed by atoms with E-state index in [1.807, 2.05) is 36.4 Å². The van der Waals surface area contributed by atoms with Crippen LogP contribution >= 0.6 is 0 Å². The minimum Gasteiger partial charge on any atom is -0.504 e. The second-order valence-corrected chi connectivity index (χ2v) is 6.38. The molecule has 0 radical (unpaired) electrons. The van der Waals surface area contributed by atoms with E-state index in [2.05, 4.69) is 0 Å². The highest BCUT2D eigenvalue weighted by atomic mass is 16.3. The molecule has 4 nitrogen and oxygen atoms in total. The van der Waals surface area contributed by atoms with Crippen molar-refractivity contribution in [1.82, 2.24) is 0 Å². The molecule has 0 fully saturated rings. The van der Waals surface area contributed by atoms with Crippen molar-refractivity contribution < 1.29 is 15.3 Å². The zero-order valence-corrected chi connectivity index (χ0v) is 13.2. The number of benzene rings is 2. The van der Waals surface area contributed by atoms with Crippen molar-refractivity contribution in [2.75, 3.05) is 6.54 Å². The minimum atomic E-state index is -0.516. The molecule has 4 unspecified atom stereocenters. The summed E-state index contributed by atoms with van der Waals surface area (Å²) in [4.78, 5) is 0. The van der Waals surface area contributed by atoms with Gasteiger partial charge in [0.25, 0.3) is 0 Å². The van der Waals surface area contributed by atoms with Crippen LogP contribution in [0, 0.1) is 5.92 Å². The van der Waals surface area contributed by atoms with Crippen molar-refractivity contribution in [3.05, 3.63) is 59.2 Å². The molecular weight excluding hydrogens is 290 g/mol. The zero-order valence-electron chi connectivity index (χ0n) is 13.2. The fraction of sp³-hybridized carbons (Fsp3) is 0.368. The monoisotopic (exact) mass is 313 g/mol. The number of nitrogens with two attached hydrogens (primary N) is 1. The topological polar surface area (TPSA) is 86.7 Å². The van der Waals surface area contributed by atoms with Crippen LogP contribution in [0.2, 0.25) is 0 Å². The van der Waals surface area contributed by atoms with Gasteiger partial charge in [0.15, 0.2) is 11.5 Å². The summed E-state index contributed by atoms with van der Waals surface area (Å²) in [6, 6.07) is 13.3. The summed E-state index contributed by atoms with van der Waals surface area (Å²) in [6.45, 7) is 2.19. The number of fused-ring (bicyclic) bond motifs is 1. The Morgan fingerprint density at radius 1 is 1.13 bits per heavy atom. The predicted octanol–water partition coefficient (Wildman–Crippen LogP) is 2.48. The standard InChI is InChI=1S/C19H23NO3/c1-11(21)18-14(12-5-3-2-4-6-12)9-15-13(16(18)10-20)7-8-17(22)19(15)23/h2-8,11,14,16,18,21-23H,9-10,20H2,1H3. The molecule has 4 atom stereocenters. The Hall–Kier alpha value is -2.04. The molecule has 23 heavy (non-hydrogen) atoms. The predicted molar refractivity (Wildman–Crippen MR) is 89.6 cm³/mol. The molecule has 0 amide bonds. The Balaban J connectivity index is 2.15. The van der Waals surface area contributed by atoms with E-state index in [9.17, 15) is 15.3 Å². The van der Waals surface area contributed by atoms with Crippen LogP contribution in [-0.2, 0) is 6.42 Å². The summed E-state index contributed by atoms with van der Waals surface area (Å²) < 4.78 is 0.